The maximum absolute atomic E-state index is 6.13. The van der Waals surface area contributed by atoms with Gasteiger partial charge in [-0.15, -0.1) is 0 Å². The largest absolute Gasteiger partial charge is 0.493 e. The number of rotatable bonds is 6. The van der Waals surface area contributed by atoms with Crippen LogP contribution >= 0.6 is 0 Å². The first kappa shape index (κ1) is 15.1. The highest BCUT2D eigenvalue weighted by Gasteiger charge is 2.19. The molecule has 4 heteroatoms. The van der Waals surface area contributed by atoms with Crippen LogP contribution in [0.2, 0.25) is 0 Å². The summed E-state index contributed by atoms with van der Waals surface area (Å²) in [5, 5.41) is 3.37. The van der Waals surface area contributed by atoms with Crippen LogP contribution in [0.4, 0.5) is 0 Å². The molecule has 2 atom stereocenters. The summed E-state index contributed by atoms with van der Waals surface area (Å²) in [5.74, 6) is 2.09. The fourth-order valence-corrected chi connectivity index (χ4v) is 2.74. The average Bonchev–Trinajstić information content (AvgIpc) is 2.48. The third-order valence-electron chi connectivity index (χ3n) is 3.89. The molecule has 112 valence electrons. The van der Waals surface area contributed by atoms with Crippen molar-refractivity contribution in [3.8, 4) is 11.5 Å². The number of para-hydroxylation sites is 1. The third-order valence-corrected chi connectivity index (χ3v) is 3.89. The number of benzene rings is 1. The molecular weight excluding hydrogens is 252 g/mol. The van der Waals surface area contributed by atoms with E-state index >= 15 is 0 Å². The Kier molecular flexibility index (Phi) is 5.68. The first-order chi connectivity index (χ1) is 9.76. The van der Waals surface area contributed by atoms with Crippen LogP contribution in [0.15, 0.2) is 18.2 Å². The molecular formula is C16H26N2O2. The number of piperidine rings is 1. The van der Waals surface area contributed by atoms with Crippen LogP contribution < -0.4 is 20.5 Å². The number of ether oxygens (including phenoxy) is 2. The van der Waals surface area contributed by atoms with Crippen molar-refractivity contribution in [2.75, 3.05) is 26.7 Å². The van der Waals surface area contributed by atoms with E-state index in [0.29, 0.717) is 12.5 Å². The lowest BCUT2D eigenvalue weighted by atomic mass is 9.96. The molecule has 1 heterocycles. The van der Waals surface area contributed by atoms with Crippen molar-refractivity contribution >= 4 is 0 Å². The van der Waals surface area contributed by atoms with Crippen molar-refractivity contribution in [1.29, 1.82) is 0 Å². The summed E-state index contributed by atoms with van der Waals surface area (Å²) < 4.78 is 11.7. The quantitative estimate of drug-likeness (QED) is 0.838. The maximum Gasteiger partial charge on any atom is 0.164 e. The normalized spacial score (nSPS) is 20.4. The van der Waals surface area contributed by atoms with Crippen LogP contribution in [0.25, 0.3) is 0 Å². The molecule has 0 radical (unpaired) electrons. The second kappa shape index (κ2) is 7.50. The van der Waals surface area contributed by atoms with Crippen molar-refractivity contribution in [3.63, 3.8) is 0 Å². The van der Waals surface area contributed by atoms with Crippen molar-refractivity contribution in [1.82, 2.24) is 5.32 Å². The summed E-state index contributed by atoms with van der Waals surface area (Å²) in [6, 6.07) is 6.13. The molecule has 3 N–H and O–H groups in total. The number of hydrogen-bond donors (Lipinski definition) is 2. The van der Waals surface area contributed by atoms with Gasteiger partial charge in [0.15, 0.2) is 11.5 Å². The molecule has 0 bridgehead atoms. The average molecular weight is 278 g/mol. The van der Waals surface area contributed by atoms with Gasteiger partial charge in [-0.05, 0) is 44.3 Å². The van der Waals surface area contributed by atoms with Crippen LogP contribution in [-0.2, 0) is 0 Å². The molecule has 1 aromatic carbocycles. The molecule has 20 heavy (non-hydrogen) atoms. The molecule has 0 aliphatic carbocycles. The van der Waals surface area contributed by atoms with Crippen molar-refractivity contribution in [3.05, 3.63) is 23.8 Å². The van der Waals surface area contributed by atoms with E-state index in [2.05, 4.69) is 18.3 Å². The van der Waals surface area contributed by atoms with Crippen LogP contribution in [0.5, 0.6) is 11.5 Å². The molecule has 0 saturated carbocycles. The Morgan fingerprint density at radius 1 is 1.45 bits per heavy atom. The van der Waals surface area contributed by atoms with Crippen LogP contribution in [0, 0.1) is 0 Å². The van der Waals surface area contributed by atoms with Crippen molar-refractivity contribution in [2.45, 2.75) is 38.2 Å². The number of nitrogens with two attached hydrogens (primary N) is 1. The lowest BCUT2D eigenvalue weighted by molar-refractivity contribution is 0.160. The number of hydrogen-bond acceptors (Lipinski definition) is 4. The zero-order chi connectivity index (χ0) is 14.4. The predicted molar refractivity (Wildman–Crippen MR) is 81.6 cm³/mol. The second-order valence-corrected chi connectivity index (χ2v) is 5.44. The molecule has 1 aliphatic rings. The van der Waals surface area contributed by atoms with Gasteiger partial charge in [0.05, 0.1) is 7.11 Å². The highest BCUT2D eigenvalue weighted by Crippen LogP contribution is 2.37. The van der Waals surface area contributed by atoms with E-state index in [1.807, 2.05) is 12.1 Å². The molecule has 0 aromatic heterocycles. The zero-order valence-electron chi connectivity index (χ0n) is 12.5. The molecule has 0 spiro atoms. The van der Waals surface area contributed by atoms with E-state index in [0.717, 1.165) is 43.9 Å². The van der Waals surface area contributed by atoms with E-state index in [9.17, 15) is 0 Å². The van der Waals surface area contributed by atoms with Crippen LogP contribution in [0.3, 0.4) is 0 Å². The van der Waals surface area contributed by atoms with E-state index in [-0.39, 0.29) is 6.10 Å². The van der Waals surface area contributed by atoms with Gasteiger partial charge in [-0.2, -0.15) is 0 Å². The molecule has 4 nitrogen and oxygen atoms in total. The smallest absolute Gasteiger partial charge is 0.164 e. The monoisotopic (exact) mass is 278 g/mol. The highest BCUT2D eigenvalue weighted by molar-refractivity contribution is 5.48. The summed E-state index contributed by atoms with van der Waals surface area (Å²) in [6.07, 6.45) is 3.44. The lowest BCUT2D eigenvalue weighted by Gasteiger charge is -2.26. The van der Waals surface area contributed by atoms with Crippen molar-refractivity contribution < 1.29 is 9.47 Å². The summed E-state index contributed by atoms with van der Waals surface area (Å²) in [7, 11) is 1.71. The van der Waals surface area contributed by atoms with Gasteiger partial charge in [0.2, 0.25) is 0 Å². The maximum atomic E-state index is 6.13. The van der Waals surface area contributed by atoms with E-state index < -0.39 is 0 Å². The Hall–Kier alpha value is -1.26. The van der Waals surface area contributed by atoms with Crippen LogP contribution in [-0.4, -0.2) is 32.8 Å². The van der Waals surface area contributed by atoms with Gasteiger partial charge < -0.3 is 20.5 Å². The van der Waals surface area contributed by atoms with Gasteiger partial charge in [0.1, 0.15) is 6.10 Å². The van der Waals surface area contributed by atoms with Gasteiger partial charge in [-0.3, -0.25) is 0 Å². The van der Waals surface area contributed by atoms with E-state index in [1.165, 1.54) is 5.56 Å². The van der Waals surface area contributed by atoms with Crippen molar-refractivity contribution in [2.24, 2.45) is 5.73 Å². The first-order valence-electron chi connectivity index (χ1n) is 7.50. The Morgan fingerprint density at radius 3 is 2.95 bits per heavy atom. The Balaban J connectivity index is 2.17. The molecule has 2 unspecified atom stereocenters. The van der Waals surface area contributed by atoms with E-state index in [1.54, 1.807) is 7.11 Å². The third kappa shape index (κ3) is 3.64. The van der Waals surface area contributed by atoms with Gasteiger partial charge in [0, 0.05) is 12.1 Å². The lowest BCUT2D eigenvalue weighted by Crippen LogP contribution is -2.37. The number of nitrogens with one attached hydrogen (secondary N) is 1. The zero-order valence-corrected chi connectivity index (χ0v) is 12.5. The molecule has 0 amide bonds. The first-order valence-corrected chi connectivity index (χ1v) is 7.50. The summed E-state index contributed by atoms with van der Waals surface area (Å²) in [5.41, 5.74) is 6.85. The minimum absolute atomic E-state index is 0.234. The van der Waals surface area contributed by atoms with Gasteiger partial charge in [-0.1, -0.05) is 19.1 Å². The Labute approximate surface area is 121 Å². The molecule has 1 aromatic rings. The predicted octanol–water partition coefficient (Wildman–Crippen LogP) is 2.28. The van der Waals surface area contributed by atoms with E-state index in [4.69, 9.17) is 15.2 Å². The minimum Gasteiger partial charge on any atom is -0.493 e. The minimum atomic E-state index is 0.234. The summed E-state index contributed by atoms with van der Waals surface area (Å²) in [6.45, 7) is 4.86. The standard InChI is InChI=1S/C16H26N2O2/c1-12(8-9-17)14-6-3-7-15(16(14)19-2)20-13-5-4-10-18-11-13/h3,6-7,12-13,18H,4-5,8-11,17H2,1-2H3. The van der Waals surface area contributed by atoms with Gasteiger partial charge >= 0.3 is 0 Å². The Morgan fingerprint density at radius 2 is 2.30 bits per heavy atom. The second-order valence-electron chi connectivity index (χ2n) is 5.44. The molecule has 1 aliphatic heterocycles. The molecule has 2 rings (SSSR count). The fraction of sp³-hybridized carbons (Fsp3) is 0.625. The molecule has 1 saturated heterocycles. The highest BCUT2D eigenvalue weighted by atomic mass is 16.5. The fourth-order valence-electron chi connectivity index (χ4n) is 2.74. The molecule has 1 fully saturated rings. The van der Waals surface area contributed by atoms with Crippen LogP contribution in [0.1, 0.15) is 37.7 Å². The Bertz CT molecular complexity index is 417. The SMILES string of the molecule is COc1c(OC2CCCNC2)cccc1C(C)CCN. The topological polar surface area (TPSA) is 56.5 Å². The van der Waals surface area contributed by atoms with Gasteiger partial charge in [0.25, 0.3) is 0 Å². The summed E-state index contributed by atoms with van der Waals surface area (Å²) in [4.78, 5) is 0. The summed E-state index contributed by atoms with van der Waals surface area (Å²) >= 11 is 0. The number of methoxy groups -OCH3 is 1. The van der Waals surface area contributed by atoms with Gasteiger partial charge in [-0.25, -0.2) is 0 Å².